The van der Waals surface area contributed by atoms with E-state index in [0.29, 0.717) is 56.6 Å². The van der Waals surface area contributed by atoms with Gasteiger partial charge >= 0.3 is 0 Å². The first-order valence-electron chi connectivity index (χ1n) is 9.79. The van der Waals surface area contributed by atoms with Crippen LogP contribution in [0, 0.1) is 0 Å². The average Bonchev–Trinajstić information content (AvgIpc) is 3.24. The number of aromatic nitrogens is 4. The van der Waals surface area contributed by atoms with Gasteiger partial charge in [0.05, 0.1) is 17.5 Å². The molecule has 1 aromatic carbocycles. The first kappa shape index (κ1) is 17.9. The highest BCUT2D eigenvalue weighted by Crippen LogP contribution is 2.39. The SMILES string of the molecule is O=C(N1CC(c2nc(-c3cnccn3)no2)C1)C1(c2ccccc2)CCOCC1. The van der Waals surface area contributed by atoms with Gasteiger partial charge in [-0.2, -0.15) is 4.98 Å². The zero-order valence-corrected chi connectivity index (χ0v) is 15.9. The molecule has 0 bridgehead atoms. The largest absolute Gasteiger partial charge is 0.381 e. The van der Waals surface area contributed by atoms with Gasteiger partial charge in [0, 0.05) is 38.7 Å². The fourth-order valence-corrected chi connectivity index (χ4v) is 4.13. The Bertz CT molecular complexity index is 980. The van der Waals surface area contributed by atoms with Crippen LogP contribution in [0.2, 0.25) is 0 Å². The second-order valence-electron chi connectivity index (χ2n) is 7.51. The lowest BCUT2D eigenvalue weighted by molar-refractivity contribution is -0.146. The number of ether oxygens (including phenoxy) is 1. The van der Waals surface area contributed by atoms with Crippen molar-refractivity contribution >= 4 is 5.91 Å². The molecule has 0 saturated carbocycles. The molecule has 4 heterocycles. The maximum Gasteiger partial charge on any atom is 0.233 e. The van der Waals surface area contributed by atoms with E-state index >= 15 is 0 Å². The lowest BCUT2D eigenvalue weighted by atomic mass is 9.72. The van der Waals surface area contributed by atoms with Gasteiger partial charge in [-0.1, -0.05) is 35.5 Å². The minimum Gasteiger partial charge on any atom is -0.381 e. The fraction of sp³-hybridized carbons (Fsp3) is 0.381. The molecule has 2 saturated heterocycles. The van der Waals surface area contributed by atoms with Crippen LogP contribution in [0.3, 0.4) is 0 Å². The topological polar surface area (TPSA) is 94.2 Å². The lowest BCUT2D eigenvalue weighted by Gasteiger charge is -2.45. The number of hydrogen-bond acceptors (Lipinski definition) is 7. The smallest absolute Gasteiger partial charge is 0.233 e. The summed E-state index contributed by atoms with van der Waals surface area (Å²) < 4.78 is 11.0. The lowest BCUT2D eigenvalue weighted by Crippen LogP contribution is -2.57. The number of rotatable bonds is 4. The van der Waals surface area contributed by atoms with Crippen LogP contribution in [0.1, 0.15) is 30.2 Å². The number of hydrogen-bond donors (Lipinski definition) is 0. The molecule has 29 heavy (non-hydrogen) atoms. The van der Waals surface area contributed by atoms with Crippen molar-refractivity contribution in [3.05, 3.63) is 60.4 Å². The molecule has 0 aliphatic carbocycles. The van der Waals surface area contributed by atoms with Gasteiger partial charge in [-0.05, 0) is 18.4 Å². The molecule has 2 aliphatic heterocycles. The molecule has 2 aliphatic rings. The van der Waals surface area contributed by atoms with Crippen molar-refractivity contribution < 1.29 is 14.1 Å². The van der Waals surface area contributed by atoms with Crippen LogP contribution >= 0.6 is 0 Å². The van der Waals surface area contributed by atoms with Gasteiger partial charge in [-0.3, -0.25) is 9.78 Å². The Morgan fingerprint density at radius 3 is 2.62 bits per heavy atom. The van der Waals surface area contributed by atoms with Gasteiger partial charge in [-0.15, -0.1) is 0 Å². The molecule has 148 valence electrons. The van der Waals surface area contributed by atoms with Crippen molar-refractivity contribution in [2.75, 3.05) is 26.3 Å². The van der Waals surface area contributed by atoms with E-state index in [1.807, 2.05) is 35.2 Å². The van der Waals surface area contributed by atoms with E-state index in [9.17, 15) is 4.79 Å². The number of carbonyl (C=O) groups is 1. The molecule has 8 heteroatoms. The zero-order chi connectivity index (χ0) is 19.7. The molecule has 2 fully saturated rings. The fourth-order valence-electron chi connectivity index (χ4n) is 4.13. The standard InChI is InChI=1S/C21H21N5O3/c27-20(21(6-10-28-11-7-21)16-4-2-1-3-5-16)26-13-15(14-26)19-24-18(25-29-19)17-12-22-8-9-23-17/h1-5,8-9,12,15H,6-7,10-11,13-14H2. The molecule has 0 atom stereocenters. The first-order chi connectivity index (χ1) is 14.3. The number of amides is 1. The molecule has 0 radical (unpaired) electrons. The molecule has 8 nitrogen and oxygen atoms in total. The Morgan fingerprint density at radius 2 is 1.90 bits per heavy atom. The molecule has 0 unspecified atom stereocenters. The predicted molar refractivity (Wildman–Crippen MR) is 103 cm³/mol. The second-order valence-corrected chi connectivity index (χ2v) is 7.51. The van der Waals surface area contributed by atoms with Crippen molar-refractivity contribution in [3.8, 4) is 11.5 Å². The summed E-state index contributed by atoms with van der Waals surface area (Å²) in [5.74, 6) is 1.17. The summed E-state index contributed by atoms with van der Waals surface area (Å²) in [4.78, 5) is 28.0. The van der Waals surface area contributed by atoms with E-state index in [2.05, 4.69) is 20.1 Å². The highest BCUT2D eigenvalue weighted by Gasteiger charge is 2.48. The maximum atomic E-state index is 13.5. The summed E-state index contributed by atoms with van der Waals surface area (Å²) in [7, 11) is 0. The Balaban J connectivity index is 1.31. The predicted octanol–water partition coefficient (Wildman–Crippen LogP) is 2.20. The van der Waals surface area contributed by atoms with Crippen LogP contribution in [-0.4, -0.2) is 57.2 Å². The minimum atomic E-state index is -0.510. The first-order valence-corrected chi connectivity index (χ1v) is 9.79. The van der Waals surface area contributed by atoms with Crippen LogP contribution in [0.5, 0.6) is 0 Å². The monoisotopic (exact) mass is 391 g/mol. The summed E-state index contributed by atoms with van der Waals surface area (Å²) >= 11 is 0. The third kappa shape index (κ3) is 3.19. The van der Waals surface area contributed by atoms with E-state index in [1.165, 1.54) is 0 Å². The van der Waals surface area contributed by atoms with Gasteiger partial charge in [0.15, 0.2) is 0 Å². The summed E-state index contributed by atoms with van der Waals surface area (Å²) in [6.07, 6.45) is 6.19. The quantitative estimate of drug-likeness (QED) is 0.673. The number of benzene rings is 1. The molecule has 2 aromatic heterocycles. The van der Waals surface area contributed by atoms with E-state index in [1.54, 1.807) is 18.6 Å². The van der Waals surface area contributed by atoms with Crippen LogP contribution in [-0.2, 0) is 14.9 Å². The van der Waals surface area contributed by atoms with Crippen LogP contribution in [0.25, 0.3) is 11.5 Å². The highest BCUT2D eigenvalue weighted by molar-refractivity contribution is 5.89. The molecular weight excluding hydrogens is 370 g/mol. The molecule has 0 spiro atoms. The summed E-state index contributed by atoms with van der Waals surface area (Å²) in [5.41, 5.74) is 1.13. The van der Waals surface area contributed by atoms with Gasteiger partial charge in [0.2, 0.25) is 17.6 Å². The van der Waals surface area contributed by atoms with Gasteiger partial charge in [0.25, 0.3) is 0 Å². The summed E-state index contributed by atoms with van der Waals surface area (Å²) in [5, 5.41) is 4.00. The van der Waals surface area contributed by atoms with E-state index in [-0.39, 0.29) is 11.8 Å². The third-order valence-corrected chi connectivity index (χ3v) is 5.83. The minimum absolute atomic E-state index is 0.0459. The van der Waals surface area contributed by atoms with Crippen molar-refractivity contribution in [3.63, 3.8) is 0 Å². The molecule has 5 rings (SSSR count). The Morgan fingerprint density at radius 1 is 1.10 bits per heavy atom. The summed E-state index contributed by atoms with van der Waals surface area (Å²) in [6.45, 7) is 2.36. The highest BCUT2D eigenvalue weighted by atomic mass is 16.5. The Hall–Kier alpha value is -3.13. The van der Waals surface area contributed by atoms with E-state index in [4.69, 9.17) is 9.26 Å². The van der Waals surface area contributed by atoms with Crippen LogP contribution in [0.15, 0.2) is 53.4 Å². The Labute approximate surface area is 167 Å². The van der Waals surface area contributed by atoms with E-state index in [0.717, 1.165) is 5.56 Å². The van der Waals surface area contributed by atoms with Gasteiger partial charge in [0.1, 0.15) is 5.69 Å². The van der Waals surface area contributed by atoms with Gasteiger partial charge in [-0.25, -0.2) is 4.98 Å². The van der Waals surface area contributed by atoms with Crippen LogP contribution in [0.4, 0.5) is 0 Å². The second kappa shape index (κ2) is 7.36. The maximum absolute atomic E-state index is 13.5. The number of likely N-dealkylation sites (tertiary alicyclic amines) is 1. The van der Waals surface area contributed by atoms with Crippen molar-refractivity contribution in [1.82, 2.24) is 25.0 Å². The average molecular weight is 391 g/mol. The van der Waals surface area contributed by atoms with Crippen molar-refractivity contribution in [1.29, 1.82) is 0 Å². The zero-order valence-electron chi connectivity index (χ0n) is 15.9. The Kier molecular flexibility index (Phi) is 4.55. The van der Waals surface area contributed by atoms with Crippen molar-refractivity contribution in [2.45, 2.75) is 24.2 Å². The molecule has 0 N–H and O–H groups in total. The van der Waals surface area contributed by atoms with Crippen molar-refractivity contribution in [2.24, 2.45) is 0 Å². The third-order valence-electron chi connectivity index (χ3n) is 5.83. The van der Waals surface area contributed by atoms with Gasteiger partial charge < -0.3 is 14.2 Å². The molecule has 3 aromatic rings. The van der Waals surface area contributed by atoms with Crippen LogP contribution < -0.4 is 0 Å². The molecule has 1 amide bonds. The summed E-state index contributed by atoms with van der Waals surface area (Å²) in [6, 6.07) is 10.1. The number of carbonyl (C=O) groups excluding carboxylic acids is 1. The number of nitrogens with zero attached hydrogens (tertiary/aromatic N) is 5. The molecular formula is C21H21N5O3. The normalized spacial score (nSPS) is 19.0. The van der Waals surface area contributed by atoms with E-state index < -0.39 is 5.41 Å².